The van der Waals surface area contributed by atoms with Gasteiger partial charge in [0.2, 0.25) is 0 Å². The second-order valence-corrected chi connectivity index (χ2v) is 4.58. The number of benzene rings is 2. The van der Waals surface area contributed by atoms with Crippen molar-refractivity contribution in [3.63, 3.8) is 0 Å². The van der Waals surface area contributed by atoms with Crippen LogP contribution in [-0.2, 0) is 6.61 Å². The summed E-state index contributed by atoms with van der Waals surface area (Å²) in [5.74, 6) is 4.63. The molecule has 0 aliphatic rings. The molecule has 2 aromatic rings. The second kappa shape index (κ2) is 7.07. The van der Waals surface area contributed by atoms with E-state index in [0.717, 1.165) is 0 Å². The number of hydrogen-bond donors (Lipinski definition) is 1. The molecule has 0 fully saturated rings. The first-order chi connectivity index (χ1) is 10.1. The molecule has 0 bridgehead atoms. The summed E-state index contributed by atoms with van der Waals surface area (Å²) in [4.78, 5) is 0. The standard InChI is InChI=1S/C16H12ClF2NO/c17-15-8-13(18)5-3-12(15)10-21-14-6-4-11(2-1-7-20)16(19)9-14/h3-6,8-9H,7,10,20H2. The molecule has 0 aromatic heterocycles. The van der Waals surface area contributed by atoms with Crippen LogP contribution in [0.1, 0.15) is 11.1 Å². The van der Waals surface area contributed by atoms with Crippen molar-refractivity contribution in [2.24, 2.45) is 5.73 Å². The van der Waals surface area contributed by atoms with Gasteiger partial charge in [0.15, 0.2) is 0 Å². The van der Waals surface area contributed by atoms with Crippen LogP contribution in [0.3, 0.4) is 0 Å². The Morgan fingerprint density at radius 2 is 1.95 bits per heavy atom. The van der Waals surface area contributed by atoms with Crippen LogP contribution in [0.5, 0.6) is 5.75 Å². The Morgan fingerprint density at radius 3 is 2.62 bits per heavy atom. The first-order valence-electron chi connectivity index (χ1n) is 6.15. The smallest absolute Gasteiger partial charge is 0.142 e. The Hall–Kier alpha value is -2.09. The van der Waals surface area contributed by atoms with Crippen molar-refractivity contribution in [2.45, 2.75) is 6.61 Å². The molecular formula is C16H12ClF2NO. The van der Waals surface area contributed by atoms with Crippen molar-refractivity contribution in [1.82, 2.24) is 0 Å². The highest BCUT2D eigenvalue weighted by atomic mass is 35.5. The molecule has 2 N–H and O–H groups in total. The summed E-state index contributed by atoms with van der Waals surface area (Å²) in [5, 5.41) is 0.265. The fourth-order valence-electron chi connectivity index (χ4n) is 1.63. The molecule has 0 radical (unpaired) electrons. The Morgan fingerprint density at radius 1 is 1.14 bits per heavy atom. The van der Waals surface area contributed by atoms with E-state index in [1.54, 1.807) is 6.07 Å². The highest BCUT2D eigenvalue weighted by molar-refractivity contribution is 6.31. The molecular weight excluding hydrogens is 296 g/mol. The molecule has 0 saturated heterocycles. The zero-order valence-electron chi connectivity index (χ0n) is 11.0. The fourth-order valence-corrected chi connectivity index (χ4v) is 1.85. The molecule has 2 nitrogen and oxygen atoms in total. The lowest BCUT2D eigenvalue weighted by atomic mass is 10.2. The molecule has 2 aromatic carbocycles. The maximum atomic E-state index is 13.7. The van der Waals surface area contributed by atoms with Crippen molar-refractivity contribution in [2.75, 3.05) is 6.54 Å². The average molecular weight is 308 g/mol. The molecule has 108 valence electrons. The van der Waals surface area contributed by atoms with E-state index < -0.39 is 11.6 Å². The fraction of sp³-hybridized carbons (Fsp3) is 0.125. The maximum absolute atomic E-state index is 13.7. The highest BCUT2D eigenvalue weighted by Crippen LogP contribution is 2.21. The van der Waals surface area contributed by atoms with Gasteiger partial charge in [0.25, 0.3) is 0 Å². The molecule has 0 amide bonds. The van der Waals surface area contributed by atoms with Gasteiger partial charge in [0.1, 0.15) is 24.0 Å². The summed E-state index contributed by atoms with van der Waals surface area (Å²) < 4.78 is 32.1. The lowest BCUT2D eigenvalue weighted by Crippen LogP contribution is -1.98. The van der Waals surface area contributed by atoms with Gasteiger partial charge in [0, 0.05) is 11.6 Å². The molecule has 0 unspecified atom stereocenters. The summed E-state index contributed by atoms with van der Waals surface area (Å²) in [6, 6.07) is 8.36. The number of halogens is 3. The topological polar surface area (TPSA) is 35.2 Å². The Bertz CT molecular complexity index is 707. The van der Waals surface area contributed by atoms with Crippen molar-refractivity contribution in [3.05, 3.63) is 64.2 Å². The monoisotopic (exact) mass is 307 g/mol. The van der Waals surface area contributed by atoms with Gasteiger partial charge < -0.3 is 10.5 Å². The molecule has 0 aliphatic carbocycles. The van der Waals surface area contributed by atoms with Gasteiger partial charge in [-0.2, -0.15) is 0 Å². The minimum atomic E-state index is -0.487. The largest absolute Gasteiger partial charge is 0.489 e. The van der Waals surface area contributed by atoms with Gasteiger partial charge in [-0.1, -0.05) is 29.5 Å². The first kappa shape index (κ1) is 15.3. The van der Waals surface area contributed by atoms with E-state index in [9.17, 15) is 8.78 Å². The van der Waals surface area contributed by atoms with Crippen LogP contribution in [0, 0.1) is 23.5 Å². The van der Waals surface area contributed by atoms with Crippen LogP contribution in [-0.4, -0.2) is 6.54 Å². The summed E-state index contributed by atoms with van der Waals surface area (Å²) in [6.07, 6.45) is 0. The number of rotatable bonds is 3. The quantitative estimate of drug-likeness (QED) is 0.881. The molecule has 2 rings (SSSR count). The van der Waals surface area contributed by atoms with Gasteiger partial charge in [-0.25, -0.2) is 8.78 Å². The Labute approximate surface area is 126 Å². The van der Waals surface area contributed by atoms with E-state index >= 15 is 0 Å². The van der Waals surface area contributed by atoms with Crippen LogP contribution in [0.4, 0.5) is 8.78 Å². The summed E-state index contributed by atoms with van der Waals surface area (Å²) in [5.41, 5.74) is 6.11. The minimum Gasteiger partial charge on any atom is -0.489 e. The third-order valence-electron chi connectivity index (χ3n) is 2.68. The molecule has 0 heterocycles. The summed E-state index contributed by atoms with van der Waals surface area (Å²) in [7, 11) is 0. The van der Waals surface area contributed by atoms with E-state index in [4.69, 9.17) is 22.1 Å². The van der Waals surface area contributed by atoms with E-state index in [0.29, 0.717) is 11.3 Å². The molecule has 0 aliphatic heterocycles. The summed E-state index contributed by atoms with van der Waals surface area (Å²) in [6.45, 7) is 0.285. The molecule has 0 spiro atoms. The number of hydrogen-bond acceptors (Lipinski definition) is 2. The molecule has 21 heavy (non-hydrogen) atoms. The number of ether oxygens (including phenoxy) is 1. The van der Waals surface area contributed by atoms with Crippen LogP contribution in [0.25, 0.3) is 0 Å². The predicted octanol–water partition coefficient (Wildman–Crippen LogP) is 3.51. The van der Waals surface area contributed by atoms with E-state index in [1.165, 1.54) is 30.3 Å². The van der Waals surface area contributed by atoms with Gasteiger partial charge in [-0.3, -0.25) is 0 Å². The first-order valence-corrected chi connectivity index (χ1v) is 6.53. The SMILES string of the molecule is NCC#Cc1ccc(OCc2ccc(F)cc2Cl)cc1F. The van der Waals surface area contributed by atoms with Crippen LogP contribution < -0.4 is 10.5 Å². The van der Waals surface area contributed by atoms with Crippen LogP contribution >= 0.6 is 11.6 Å². The van der Waals surface area contributed by atoms with Crippen molar-refractivity contribution in [3.8, 4) is 17.6 Å². The van der Waals surface area contributed by atoms with E-state index in [1.807, 2.05) is 0 Å². The number of nitrogens with two attached hydrogens (primary N) is 1. The maximum Gasteiger partial charge on any atom is 0.142 e. The highest BCUT2D eigenvalue weighted by Gasteiger charge is 2.05. The predicted molar refractivity (Wildman–Crippen MR) is 78.1 cm³/mol. The van der Waals surface area contributed by atoms with Crippen molar-refractivity contribution >= 4 is 11.6 Å². The normalized spacial score (nSPS) is 9.90. The van der Waals surface area contributed by atoms with Crippen LogP contribution in [0.15, 0.2) is 36.4 Å². The van der Waals surface area contributed by atoms with Gasteiger partial charge >= 0.3 is 0 Å². The van der Waals surface area contributed by atoms with E-state index in [-0.39, 0.29) is 23.7 Å². The van der Waals surface area contributed by atoms with Gasteiger partial charge in [-0.15, -0.1) is 0 Å². The molecule has 0 atom stereocenters. The zero-order chi connectivity index (χ0) is 15.2. The minimum absolute atomic E-state index is 0.117. The van der Waals surface area contributed by atoms with Crippen molar-refractivity contribution < 1.29 is 13.5 Å². The van der Waals surface area contributed by atoms with Crippen LogP contribution in [0.2, 0.25) is 5.02 Å². The van der Waals surface area contributed by atoms with Gasteiger partial charge in [0.05, 0.1) is 17.1 Å². The average Bonchev–Trinajstić information content (AvgIpc) is 2.45. The summed E-state index contributed by atoms with van der Waals surface area (Å²) >= 11 is 5.89. The van der Waals surface area contributed by atoms with E-state index in [2.05, 4.69) is 11.8 Å². The zero-order valence-corrected chi connectivity index (χ0v) is 11.8. The lowest BCUT2D eigenvalue weighted by Gasteiger charge is -2.08. The van der Waals surface area contributed by atoms with Gasteiger partial charge in [-0.05, 0) is 24.3 Å². The molecule has 0 saturated carbocycles. The Balaban J connectivity index is 2.08. The Kier molecular flexibility index (Phi) is 5.15. The molecule has 5 heteroatoms. The second-order valence-electron chi connectivity index (χ2n) is 4.17. The lowest BCUT2D eigenvalue weighted by molar-refractivity contribution is 0.304. The third-order valence-corrected chi connectivity index (χ3v) is 3.03. The van der Waals surface area contributed by atoms with Crippen molar-refractivity contribution in [1.29, 1.82) is 0 Å². The third kappa shape index (κ3) is 4.19.